The molecule has 0 N–H and O–H groups in total. The van der Waals surface area contributed by atoms with E-state index < -0.39 is 0 Å². The van der Waals surface area contributed by atoms with E-state index in [0.717, 1.165) is 51.6 Å². The van der Waals surface area contributed by atoms with Gasteiger partial charge in [-0.2, -0.15) is 0 Å². The van der Waals surface area contributed by atoms with Crippen molar-refractivity contribution in [2.24, 2.45) is 17.8 Å². The Hall–Kier alpha value is -2.40. The van der Waals surface area contributed by atoms with Crippen molar-refractivity contribution in [2.75, 3.05) is 6.61 Å². The maximum absolute atomic E-state index is 6.11. The van der Waals surface area contributed by atoms with E-state index in [0.29, 0.717) is 12.5 Å². The van der Waals surface area contributed by atoms with Gasteiger partial charge in [-0.25, -0.2) is 9.97 Å². The number of aromatic nitrogens is 2. The molecule has 4 rings (SSSR count). The van der Waals surface area contributed by atoms with Crippen LogP contribution in [0.3, 0.4) is 0 Å². The van der Waals surface area contributed by atoms with Crippen molar-refractivity contribution >= 4 is 28.5 Å². The SMILES string of the molecule is C=CCOc1cc(-c2nccs2)c2oc(/C=C/CC3CCC(CC)C3C)nc2c1. The largest absolute Gasteiger partial charge is 0.489 e. The minimum absolute atomic E-state index is 0.450. The van der Waals surface area contributed by atoms with Crippen LogP contribution < -0.4 is 4.74 Å². The Morgan fingerprint density at radius 1 is 1.31 bits per heavy atom. The van der Waals surface area contributed by atoms with Crippen LogP contribution in [0.15, 0.2) is 46.9 Å². The molecule has 152 valence electrons. The fourth-order valence-electron chi connectivity index (χ4n) is 4.44. The molecule has 5 heteroatoms. The van der Waals surface area contributed by atoms with Gasteiger partial charge in [-0.3, -0.25) is 0 Å². The summed E-state index contributed by atoms with van der Waals surface area (Å²) in [6.45, 7) is 8.89. The summed E-state index contributed by atoms with van der Waals surface area (Å²) in [5, 5.41) is 2.86. The molecule has 0 radical (unpaired) electrons. The molecule has 29 heavy (non-hydrogen) atoms. The van der Waals surface area contributed by atoms with Gasteiger partial charge in [0.25, 0.3) is 0 Å². The first-order chi connectivity index (χ1) is 14.2. The number of ether oxygens (including phenoxy) is 1. The topological polar surface area (TPSA) is 48.2 Å². The Labute approximate surface area is 176 Å². The summed E-state index contributed by atoms with van der Waals surface area (Å²) in [5.74, 6) is 3.83. The van der Waals surface area contributed by atoms with Crippen molar-refractivity contribution in [1.82, 2.24) is 9.97 Å². The summed E-state index contributed by atoms with van der Waals surface area (Å²) in [6.07, 6.45) is 12.8. The van der Waals surface area contributed by atoms with E-state index in [2.05, 4.69) is 36.5 Å². The summed E-state index contributed by atoms with van der Waals surface area (Å²) in [7, 11) is 0. The summed E-state index contributed by atoms with van der Waals surface area (Å²) in [4.78, 5) is 9.13. The fraction of sp³-hybridized carbons (Fsp3) is 0.417. The highest BCUT2D eigenvalue weighted by Crippen LogP contribution is 2.40. The van der Waals surface area contributed by atoms with E-state index in [1.807, 2.05) is 23.6 Å². The number of benzene rings is 1. The van der Waals surface area contributed by atoms with E-state index in [9.17, 15) is 0 Å². The van der Waals surface area contributed by atoms with Crippen LogP contribution in [0.2, 0.25) is 0 Å². The highest BCUT2D eigenvalue weighted by molar-refractivity contribution is 7.13. The van der Waals surface area contributed by atoms with Crippen molar-refractivity contribution in [2.45, 2.75) is 39.5 Å². The van der Waals surface area contributed by atoms with Gasteiger partial charge in [-0.15, -0.1) is 11.3 Å². The van der Waals surface area contributed by atoms with Crippen LogP contribution in [-0.2, 0) is 0 Å². The number of oxazole rings is 1. The molecule has 1 aliphatic rings. The molecule has 3 atom stereocenters. The predicted molar refractivity (Wildman–Crippen MR) is 120 cm³/mol. The van der Waals surface area contributed by atoms with Gasteiger partial charge in [0, 0.05) is 17.6 Å². The third kappa shape index (κ3) is 4.30. The predicted octanol–water partition coefficient (Wildman–Crippen LogP) is 6.99. The Balaban J connectivity index is 1.58. The Kier molecular flexibility index (Phi) is 6.14. The molecule has 0 spiro atoms. The first-order valence-corrected chi connectivity index (χ1v) is 11.3. The maximum Gasteiger partial charge on any atom is 0.219 e. The second-order valence-corrected chi connectivity index (χ2v) is 8.71. The van der Waals surface area contributed by atoms with Crippen LogP contribution in [0.1, 0.15) is 45.4 Å². The summed E-state index contributed by atoms with van der Waals surface area (Å²) in [5.41, 5.74) is 2.46. The second-order valence-electron chi connectivity index (χ2n) is 7.81. The molecule has 0 bridgehead atoms. The lowest BCUT2D eigenvalue weighted by Crippen LogP contribution is -2.09. The van der Waals surface area contributed by atoms with Crippen LogP contribution in [0, 0.1) is 17.8 Å². The van der Waals surface area contributed by atoms with Crippen molar-refractivity contribution in [3.8, 4) is 16.3 Å². The molecule has 1 saturated carbocycles. The lowest BCUT2D eigenvalue weighted by Gasteiger charge is -2.18. The highest BCUT2D eigenvalue weighted by atomic mass is 32.1. The molecule has 2 heterocycles. The van der Waals surface area contributed by atoms with E-state index in [1.165, 1.54) is 19.3 Å². The third-order valence-corrected chi connectivity index (χ3v) is 6.94. The van der Waals surface area contributed by atoms with Gasteiger partial charge < -0.3 is 9.15 Å². The summed E-state index contributed by atoms with van der Waals surface area (Å²) < 4.78 is 11.9. The fourth-order valence-corrected chi connectivity index (χ4v) is 5.09. The Bertz CT molecular complexity index is 990. The van der Waals surface area contributed by atoms with E-state index >= 15 is 0 Å². The first kappa shape index (κ1) is 19.9. The van der Waals surface area contributed by atoms with Crippen LogP contribution in [-0.4, -0.2) is 16.6 Å². The van der Waals surface area contributed by atoms with Gasteiger partial charge in [0.1, 0.15) is 22.9 Å². The average molecular weight is 409 g/mol. The van der Waals surface area contributed by atoms with Gasteiger partial charge in [0.15, 0.2) is 5.58 Å². The zero-order chi connectivity index (χ0) is 20.2. The van der Waals surface area contributed by atoms with Gasteiger partial charge in [-0.05, 0) is 49.2 Å². The zero-order valence-electron chi connectivity index (χ0n) is 17.1. The van der Waals surface area contributed by atoms with E-state index in [-0.39, 0.29) is 0 Å². The third-order valence-electron chi connectivity index (χ3n) is 6.13. The van der Waals surface area contributed by atoms with Crippen molar-refractivity contribution < 1.29 is 9.15 Å². The minimum Gasteiger partial charge on any atom is -0.489 e. The lowest BCUT2D eigenvalue weighted by molar-refractivity contribution is 0.334. The quantitative estimate of drug-likeness (QED) is 0.377. The number of allylic oxidation sites excluding steroid dienone is 1. The Morgan fingerprint density at radius 2 is 2.17 bits per heavy atom. The van der Waals surface area contributed by atoms with Crippen LogP contribution in [0.5, 0.6) is 5.75 Å². The number of rotatable bonds is 8. The molecule has 1 fully saturated rings. The maximum atomic E-state index is 6.11. The molecular formula is C24H28N2O2S. The van der Waals surface area contributed by atoms with E-state index in [1.54, 1.807) is 23.6 Å². The molecule has 0 saturated heterocycles. The molecular weight excluding hydrogens is 380 g/mol. The number of fused-ring (bicyclic) bond motifs is 1. The monoisotopic (exact) mass is 408 g/mol. The van der Waals surface area contributed by atoms with Crippen molar-refractivity contribution in [1.29, 1.82) is 0 Å². The normalized spacial score (nSPS) is 21.9. The van der Waals surface area contributed by atoms with Crippen LogP contribution >= 0.6 is 11.3 Å². The second kappa shape index (κ2) is 8.95. The van der Waals surface area contributed by atoms with Gasteiger partial charge in [0.05, 0.1) is 5.56 Å². The smallest absolute Gasteiger partial charge is 0.219 e. The number of hydrogen-bond acceptors (Lipinski definition) is 5. The van der Waals surface area contributed by atoms with Crippen molar-refractivity contribution in [3.05, 3.63) is 48.3 Å². The lowest BCUT2D eigenvalue weighted by atomic mass is 9.88. The van der Waals surface area contributed by atoms with Crippen LogP contribution in [0.25, 0.3) is 27.7 Å². The Morgan fingerprint density at radius 3 is 2.90 bits per heavy atom. The van der Waals surface area contributed by atoms with Gasteiger partial charge in [0.2, 0.25) is 5.89 Å². The number of thiazole rings is 1. The number of nitrogens with zero attached hydrogens (tertiary/aromatic N) is 2. The first-order valence-electron chi connectivity index (χ1n) is 10.4. The molecule has 3 aromatic rings. The molecule has 2 aromatic heterocycles. The van der Waals surface area contributed by atoms with Crippen molar-refractivity contribution in [3.63, 3.8) is 0 Å². The minimum atomic E-state index is 0.450. The highest BCUT2D eigenvalue weighted by Gasteiger charge is 2.30. The van der Waals surface area contributed by atoms with Gasteiger partial charge in [-0.1, -0.05) is 39.0 Å². The standard InChI is InChI=1S/C24H28N2O2S/c1-4-12-27-19-14-20(24-25-11-13-29-24)23-21(15-19)26-22(28-23)8-6-7-18-10-9-17(5-2)16(18)3/h4,6,8,11,13-18H,1,5,7,9-10,12H2,2-3H3/b8-6+. The molecule has 4 nitrogen and oxygen atoms in total. The average Bonchev–Trinajstić information content (AvgIpc) is 3.46. The summed E-state index contributed by atoms with van der Waals surface area (Å²) in [6, 6.07) is 3.89. The summed E-state index contributed by atoms with van der Waals surface area (Å²) >= 11 is 1.58. The molecule has 0 amide bonds. The molecule has 0 aliphatic heterocycles. The van der Waals surface area contributed by atoms with Crippen LogP contribution in [0.4, 0.5) is 0 Å². The van der Waals surface area contributed by atoms with E-state index in [4.69, 9.17) is 9.15 Å². The zero-order valence-corrected chi connectivity index (χ0v) is 18.0. The molecule has 3 unspecified atom stereocenters. The molecule has 1 aliphatic carbocycles. The van der Waals surface area contributed by atoms with Gasteiger partial charge >= 0.3 is 0 Å². The molecule has 1 aromatic carbocycles. The number of hydrogen-bond donors (Lipinski definition) is 0.